The van der Waals surface area contributed by atoms with Crippen molar-refractivity contribution in [3.8, 4) is 0 Å². The largest absolute Gasteiger partial charge is 0.383 e. The minimum Gasteiger partial charge on any atom is -0.383 e. The topological polar surface area (TPSA) is 12.5 Å². The normalized spacial score (nSPS) is 11.0. The van der Waals surface area contributed by atoms with Crippen LogP contribution >= 0.6 is 0 Å². The van der Waals surface area contributed by atoms with Gasteiger partial charge in [0.05, 0.1) is 13.3 Å². The van der Waals surface area contributed by atoms with Crippen molar-refractivity contribution in [1.29, 1.82) is 0 Å². The molecule has 74 valence electrons. The van der Waals surface area contributed by atoms with Crippen molar-refractivity contribution >= 4 is 0 Å². The van der Waals surface area contributed by atoms with E-state index in [0.717, 1.165) is 32.7 Å². The molecule has 0 saturated carbocycles. The van der Waals surface area contributed by atoms with Crippen LogP contribution in [0.15, 0.2) is 0 Å². The summed E-state index contributed by atoms with van der Waals surface area (Å²) in [5, 5.41) is 0. The first-order valence-electron chi connectivity index (χ1n) is 4.62. The van der Waals surface area contributed by atoms with E-state index in [0.29, 0.717) is 6.42 Å². The molecule has 0 amide bonds. The Morgan fingerprint density at radius 3 is 2.50 bits per heavy atom. The maximum absolute atomic E-state index is 11.9. The van der Waals surface area contributed by atoms with Crippen LogP contribution in [0.4, 0.5) is 4.39 Å². The molecule has 0 bridgehead atoms. The van der Waals surface area contributed by atoms with E-state index in [4.69, 9.17) is 4.74 Å². The molecule has 0 N–H and O–H groups in total. The lowest BCUT2D eigenvalue weighted by Crippen LogP contribution is -2.29. The Bertz CT molecular complexity index is 82.6. The summed E-state index contributed by atoms with van der Waals surface area (Å²) in [7, 11) is 1.69. The molecular formula is C9H20FNO. The van der Waals surface area contributed by atoms with Gasteiger partial charge in [-0.3, -0.25) is 4.39 Å². The summed E-state index contributed by atoms with van der Waals surface area (Å²) in [5.41, 5.74) is 0. The first-order chi connectivity index (χ1) is 5.85. The smallest absolute Gasteiger partial charge is 0.0906 e. The second-order valence-electron chi connectivity index (χ2n) is 2.88. The second-order valence-corrected chi connectivity index (χ2v) is 2.88. The monoisotopic (exact) mass is 177 g/mol. The van der Waals surface area contributed by atoms with Crippen molar-refractivity contribution in [3.63, 3.8) is 0 Å². The van der Waals surface area contributed by atoms with Crippen LogP contribution in [0.5, 0.6) is 0 Å². The predicted octanol–water partition coefficient (Wildman–Crippen LogP) is 1.70. The zero-order valence-electron chi connectivity index (χ0n) is 8.18. The fraction of sp³-hybridized carbons (Fsp3) is 1.00. The number of methoxy groups -OCH3 is 1. The fourth-order valence-electron chi connectivity index (χ4n) is 1.16. The van der Waals surface area contributed by atoms with E-state index in [2.05, 4.69) is 11.8 Å². The van der Waals surface area contributed by atoms with Crippen molar-refractivity contribution < 1.29 is 9.13 Å². The van der Waals surface area contributed by atoms with Gasteiger partial charge in [0.2, 0.25) is 0 Å². The fourth-order valence-corrected chi connectivity index (χ4v) is 1.16. The lowest BCUT2D eigenvalue weighted by molar-refractivity contribution is 0.145. The minimum absolute atomic E-state index is 0.215. The first-order valence-corrected chi connectivity index (χ1v) is 4.62. The molecule has 0 aliphatic rings. The van der Waals surface area contributed by atoms with Crippen LogP contribution in [0.3, 0.4) is 0 Å². The first kappa shape index (κ1) is 11.8. The van der Waals surface area contributed by atoms with Gasteiger partial charge in [0.15, 0.2) is 0 Å². The molecule has 0 aromatic carbocycles. The molecule has 0 heterocycles. The van der Waals surface area contributed by atoms with Crippen molar-refractivity contribution in [2.75, 3.05) is 40.0 Å². The maximum Gasteiger partial charge on any atom is 0.0906 e. The molecule has 0 rings (SSSR count). The molecule has 0 aliphatic heterocycles. The highest BCUT2D eigenvalue weighted by atomic mass is 19.1. The number of nitrogens with zero attached hydrogens (tertiary/aromatic N) is 1. The van der Waals surface area contributed by atoms with Crippen LogP contribution < -0.4 is 0 Å². The third-order valence-corrected chi connectivity index (χ3v) is 1.76. The molecule has 0 aliphatic carbocycles. The van der Waals surface area contributed by atoms with Gasteiger partial charge in [-0.05, 0) is 19.4 Å². The SMILES string of the molecule is CCCN(CCCF)CCOC. The highest BCUT2D eigenvalue weighted by Crippen LogP contribution is 1.94. The van der Waals surface area contributed by atoms with Crippen LogP contribution in [0, 0.1) is 0 Å². The van der Waals surface area contributed by atoms with E-state index in [-0.39, 0.29) is 6.67 Å². The van der Waals surface area contributed by atoms with Gasteiger partial charge in [0.25, 0.3) is 0 Å². The Labute approximate surface area is 74.7 Å². The lowest BCUT2D eigenvalue weighted by atomic mass is 10.3. The molecular weight excluding hydrogens is 157 g/mol. The Kier molecular flexibility index (Phi) is 8.83. The standard InChI is InChI=1S/C9H20FNO/c1-3-6-11(7-4-5-10)8-9-12-2/h3-9H2,1-2H3. The van der Waals surface area contributed by atoms with Gasteiger partial charge in [-0.1, -0.05) is 6.92 Å². The summed E-state index contributed by atoms with van der Waals surface area (Å²) in [6.07, 6.45) is 1.76. The van der Waals surface area contributed by atoms with Crippen LogP contribution in [-0.4, -0.2) is 44.9 Å². The lowest BCUT2D eigenvalue weighted by Gasteiger charge is -2.20. The second kappa shape index (κ2) is 8.94. The van der Waals surface area contributed by atoms with Crippen molar-refractivity contribution in [3.05, 3.63) is 0 Å². The van der Waals surface area contributed by atoms with Gasteiger partial charge in [-0.15, -0.1) is 0 Å². The van der Waals surface area contributed by atoms with Crippen molar-refractivity contribution in [2.45, 2.75) is 19.8 Å². The Morgan fingerprint density at radius 1 is 1.25 bits per heavy atom. The highest BCUT2D eigenvalue weighted by Gasteiger charge is 2.01. The molecule has 12 heavy (non-hydrogen) atoms. The molecule has 0 unspecified atom stereocenters. The van der Waals surface area contributed by atoms with Crippen LogP contribution in [-0.2, 0) is 4.74 Å². The van der Waals surface area contributed by atoms with E-state index in [1.165, 1.54) is 0 Å². The summed E-state index contributed by atoms with van der Waals surface area (Å²) in [4.78, 5) is 2.24. The van der Waals surface area contributed by atoms with E-state index >= 15 is 0 Å². The summed E-state index contributed by atoms with van der Waals surface area (Å²) >= 11 is 0. The summed E-state index contributed by atoms with van der Waals surface area (Å²) < 4.78 is 16.8. The predicted molar refractivity (Wildman–Crippen MR) is 49.2 cm³/mol. The van der Waals surface area contributed by atoms with Crippen molar-refractivity contribution in [1.82, 2.24) is 4.90 Å². The minimum atomic E-state index is -0.215. The third kappa shape index (κ3) is 6.55. The van der Waals surface area contributed by atoms with E-state index in [9.17, 15) is 4.39 Å². The van der Waals surface area contributed by atoms with Crippen LogP contribution in [0.1, 0.15) is 19.8 Å². The van der Waals surface area contributed by atoms with Crippen LogP contribution in [0.2, 0.25) is 0 Å². The maximum atomic E-state index is 11.9. The van der Waals surface area contributed by atoms with E-state index in [1.54, 1.807) is 7.11 Å². The number of ether oxygens (including phenoxy) is 1. The van der Waals surface area contributed by atoms with Gasteiger partial charge >= 0.3 is 0 Å². The molecule has 3 heteroatoms. The molecule has 0 aromatic rings. The molecule has 0 saturated heterocycles. The number of alkyl halides is 1. The Hall–Kier alpha value is -0.150. The zero-order valence-corrected chi connectivity index (χ0v) is 8.18. The number of halogens is 1. The van der Waals surface area contributed by atoms with E-state index < -0.39 is 0 Å². The number of hydrogen-bond acceptors (Lipinski definition) is 2. The number of rotatable bonds is 8. The summed E-state index contributed by atoms with van der Waals surface area (Å²) in [6.45, 7) is 5.48. The van der Waals surface area contributed by atoms with Gasteiger partial charge in [-0.2, -0.15) is 0 Å². The Balaban J connectivity index is 3.40. The average Bonchev–Trinajstić information content (AvgIpc) is 2.10. The molecule has 0 aromatic heterocycles. The molecule has 0 fully saturated rings. The van der Waals surface area contributed by atoms with Gasteiger partial charge < -0.3 is 9.64 Å². The summed E-state index contributed by atoms with van der Waals surface area (Å²) in [5.74, 6) is 0. The molecule has 0 spiro atoms. The molecule has 2 nitrogen and oxygen atoms in total. The van der Waals surface area contributed by atoms with Crippen LogP contribution in [0.25, 0.3) is 0 Å². The van der Waals surface area contributed by atoms with E-state index in [1.807, 2.05) is 0 Å². The van der Waals surface area contributed by atoms with Gasteiger partial charge in [0, 0.05) is 20.2 Å². The highest BCUT2D eigenvalue weighted by molar-refractivity contribution is 4.55. The zero-order chi connectivity index (χ0) is 9.23. The average molecular weight is 177 g/mol. The Morgan fingerprint density at radius 2 is 2.00 bits per heavy atom. The van der Waals surface area contributed by atoms with Crippen molar-refractivity contribution in [2.24, 2.45) is 0 Å². The molecule has 0 radical (unpaired) electrons. The summed E-state index contributed by atoms with van der Waals surface area (Å²) in [6, 6.07) is 0. The number of hydrogen-bond donors (Lipinski definition) is 0. The van der Waals surface area contributed by atoms with Gasteiger partial charge in [0.1, 0.15) is 0 Å². The third-order valence-electron chi connectivity index (χ3n) is 1.76. The molecule has 0 atom stereocenters. The quantitative estimate of drug-likeness (QED) is 0.559. The van der Waals surface area contributed by atoms with Gasteiger partial charge in [-0.25, -0.2) is 0 Å².